The van der Waals surface area contributed by atoms with Gasteiger partial charge in [-0.1, -0.05) is 41.6 Å². The molecule has 170 valence electrons. The van der Waals surface area contributed by atoms with Crippen molar-refractivity contribution in [1.82, 2.24) is 14.8 Å². The molecule has 9 heteroatoms. The Morgan fingerprint density at radius 2 is 1.88 bits per heavy atom. The molecule has 2 aromatic carbocycles. The highest BCUT2D eigenvalue weighted by Gasteiger charge is 2.23. The van der Waals surface area contributed by atoms with Gasteiger partial charge in [-0.15, -0.1) is 10.2 Å². The minimum Gasteiger partial charge on any atom is -0.493 e. The second-order valence-electron chi connectivity index (χ2n) is 7.52. The number of halogens is 1. The second-order valence-corrected chi connectivity index (χ2v) is 8.87. The van der Waals surface area contributed by atoms with Crippen LogP contribution in [0, 0.1) is 6.92 Å². The van der Waals surface area contributed by atoms with Crippen molar-refractivity contribution < 1.29 is 14.3 Å². The number of amides is 1. The lowest BCUT2D eigenvalue weighted by molar-refractivity contribution is -0.113. The number of hydrogen-bond acceptors (Lipinski definition) is 6. The Morgan fingerprint density at radius 3 is 2.53 bits per heavy atom. The van der Waals surface area contributed by atoms with E-state index in [4.69, 9.17) is 21.1 Å². The first-order chi connectivity index (χ1) is 15.3. The average molecular weight is 475 g/mol. The molecule has 7 nitrogen and oxygen atoms in total. The fraction of sp³-hybridized carbons (Fsp3) is 0.348. The standard InChI is InChI=1S/C23H27ClN4O3S/c1-14(2)28-22(16(4)31-20-9-7-6-8-19(20)30-5)26-27-23(28)32-13-21(29)25-17-11-10-15(3)18(24)12-17/h6-12,14,16H,13H2,1-5H3,(H,25,29). The number of aromatic nitrogens is 3. The van der Waals surface area contributed by atoms with Gasteiger partial charge < -0.3 is 19.4 Å². The molecule has 0 saturated heterocycles. The lowest BCUT2D eigenvalue weighted by Crippen LogP contribution is -2.16. The zero-order valence-electron chi connectivity index (χ0n) is 18.8. The van der Waals surface area contributed by atoms with Crippen molar-refractivity contribution in [3.05, 3.63) is 58.9 Å². The molecule has 1 aromatic heterocycles. The van der Waals surface area contributed by atoms with Crippen molar-refractivity contribution in [2.24, 2.45) is 0 Å². The summed E-state index contributed by atoms with van der Waals surface area (Å²) in [5, 5.41) is 12.8. The Bertz CT molecular complexity index is 1090. The molecule has 0 aliphatic carbocycles. The van der Waals surface area contributed by atoms with Gasteiger partial charge in [0.25, 0.3) is 0 Å². The zero-order valence-corrected chi connectivity index (χ0v) is 20.3. The fourth-order valence-corrected chi connectivity index (χ4v) is 4.16. The normalized spacial score (nSPS) is 12.0. The summed E-state index contributed by atoms with van der Waals surface area (Å²) in [5.41, 5.74) is 1.62. The summed E-state index contributed by atoms with van der Waals surface area (Å²) in [4.78, 5) is 12.4. The maximum absolute atomic E-state index is 12.4. The van der Waals surface area contributed by atoms with Gasteiger partial charge >= 0.3 is 0 Å². The van der Waals surface area contributed by atoms with Crippen LogP contribution in [0.3, 0.4) is 0 Å². The van der Waals surface area contributed by atoms with E-state index in [2.05, 4.69) is 15.5 Å². The van der Waals surface area contributed by atoms with Crippen LogP contribution in [0.5, 0.6) is 11.5 Å². The van der Waals surface area contributed by atoms with Crippen LogP contribution in [-0.2, 0) is 4.79 Å². The number of para-hydroxylation sites is 2. The summed E-state index contributed by atoms with van der Waals surface area (Å²) in [6.07, 6.45) is -0.362. The van der Waals surface area contributed by atoms with Gasteiger partial charge in [-0.2, -0.15) is 0 Å². The molecule has 1 heterocycles. The summed E-state index contributed by atoms with van der Waals surface area (Å²) in [7, 11) is 1.60. The zero-order chi connectivity index (χ0) is 23.3. The molecule has 1 N–H and O–H groups in total. The van der Waals surface area contributed by atoms with Gasteiger partial charge in [-0.3, -0.25) is 4.79 Å². The Balaban J connectivity index is 1.70. The number of nitrogens with zero attached hydrogens (tertiary/aromatic N) is 3. The molecule has 0 radical (unpaired) electrons. The summed E-state index contributed by atoms with van der Waals surface area (Å²) in [5.74, 6) is 2.01. The van der Waals surface area contributed by atoms with Gasteiger partial charge in [0.2, 0.25) is 5.91 Å². The van der Waals surface area contributed by atoms with Gasteiger partial charge in [-0.25, -0.2) is 0 Å². The predicted molar refractivity (Wildman–Crippen MR) is 128 cm³/mol. The highest BCUT2D eigenvalue weighted by molar-refractivity contribution is 7.99. The number of methoxy groups -OCH3 is 1. The molecule has 0 spiro atoms. The van der Waals surface area contributed by atoms with E-state index >= 15 is 0 Å². The third kappa shape index (κ3) is 5.75. The first kappa shape index (κ1) is 23.9. The number of benzene rings is 2. The molecule has 0 saturated carbocycles. The maximum atomic E-state index is 12.4. The summed E-state index contributed by atoms with van der Waals surface area (Å²) < 4.78 is 13.5. The fourth-order valence-electron chi connectivity index (χ4n) is 3.11. The van der Waals surface area contributed by atoms with Crippen LogP contribution >= 0.6 is 23.4 Å². The molecule has 0 fully saturated rings. The predicted octanol–water partition coefficient (Wildman–Crippen LogP) is 5.70. The Hall–Kier alpha value is -2.71. The van der Waals surface area contributed by atoms with E-state index in [1.165, 1.54) is 11.8 Å². The molecular formula is C23H27ClN4O3S. The highest BCUT2D eigenvalue weighted by Crippen LogP contribution is 2.32. The van der Waals surface area contributed by atoms with Crippen molar-refractivity contribution in [3.63, 3.8) is 0 Å². The second kappa shape index (κ2) is 10.7. The molecule has 3 rings (SSSR count). The Labute approximate surface area is 197 Å². The third-order valence-corrected chi connectivity index (χ3v) is 6.08. The molecule has 32 heavy (non-hydrogen) atoms. The average Bonchev–Trinajstić information content (AvgIpc) is 3.20. The van der Waals surface area contributed by atoms with E-state index in [9.17, 15) is 4.79 Å². The summed E-state index contributed by atoms with van der Waals surface area (Å²) >= 11 is 7.46. The van der Waals surface area contributed by atoms with Crippen LogP contribution in [0.25, 0.3) is 0 Å². The molecule has 0 aliphatic heterocycles. The minimum atomic E-state index is -0.362. The number of nitrogens with one attached hydrogen (secondary N) is 1. The van der Waals surface area contributed by atoms with Gasteiger partial charge in [0, 0.05) is 16.8 Å². The van der Waals surface area contributed by atoms with E-state index in [1.54, 1.807) is 13.2 Å². The maximum Gasteiger partial charge on any atom is 0.234 e. The van der Waals surface area contributed by atoms with Crippen molar-refractivity contribution in [1.29, 1.82) is 0 Å². The van der Waals surface area contributed by atoms with E-state index in [1.807, 2.05) is 68.7 Å². The van der Waals surface area contributed by atoms with E-state index < -0.39 is 0 Å². The van der Waals surface area contributed by atoms with Crippen LogP contribution in [0.1, 0.15) is 44.3 Å². The van der Waals surface area contributed by atoms with Crippen LogP contribution in [0.4, 0.5) is 5.69 Å². The van der Waals surface area contributed by atoms with Crippen LogP contribution < -0.4 is 14.8 Å². The number of carbonyl (C=O) groups excluding carboxylic acids is 1. The number of ether oxygens (including phenoxy) is 2. The van der Waals surface area contributed by atoms with Crippen molar-refractivity contribution in [2.45, 2.75) is 45.0 Å². The smallest absolute Gasteiger partial charge is 0.234 e. The van der Waals surface area contributed by atoms with Gasteiger partial charge in [0.15, 0.2) is 28.6 Å². The number of aryl methyl sites for hydroxylation is 1. The van der Waals surface area contributed by atoms with Gasteiger partial charge in [0.1, 0.15) is 0 Å². The summed E-state index contributed by atoms with van der Waals surface area (Å²) in [6.45, 7) is 7.92. The van der Waals surface area contributed by atoms with E-state index in [-0.39, 0.29) is 23.8 Å². The Kier molecular flexibility index (Phi) is 8.04. The lowest BCUT2D eigenvalue weighted by atomic mass is 10.2. The van der Waals surface area contributed by atoms with Crippen molar-refractivity contribution in [3.8, 4) is 11.5 Å². The Morgan fingerprint density at radius 1 is 1.16 bits per heavy atom. The number of thioether (sulfide) groups is 1. The topological polar surface area (TPSA) is 78.3 Å². The largest absolute Gasteiger partial charge is 0.493 e. The van der Waals surface area contributed by atoms with Crippen LogP contribution in [-0.4, -0.2) is 33.5 Å². The van der Waals surface area contributed by atoms with Crippen LogP contribution in [0.15, 0.2) is 47.6 Å². The van der Waals surface area contributed by atoms with Crippen molar-refractivity contribution in [2.75, 3.05) is 18.2 Å². The monoisotopic (exact) mass is 474 g/mol. The molecule has 3 aromatic rings. The molecule has 0 aliphatic rings. The molecule has 1 unspecified atom stereocenters. The number of anilines is 1. The molecule has 1 amide bonds. The van der Waals surface area contributed by atoms with E-state index in [0.29, 0.717) is 33.2 Å². The number of rotatable bonds is 9. The first-order valence-electron chi connectivity index (χ1n) is 10.2. The third-order valence-electron chi connectivity index (χ3n) is 4.73. The molecule has 0 bridgehead atoms. The molecular weight excluding hydrogens is 448 g/mol. The van der Waals surface area contributed by atoms with Crippen molar-refractivity contribution >= 4 is 35.0 Å². The highest BCUT2D eigenvalue weighted by atomic mass is 35.5. The number of hydrogen-bond donors (Lipinski definition) is 1. The van der Waals surface area contributed by atoms with E-state index in [0.717, 1.165) is 5.56 Å². The quantitative estimate of drug-likeness (QED) is 0.401. The minimum absolute atomic E-state index is 0.0881. The lowest BCUT2D eigenvalue weighted by Gasteiger charge is -2.19. The summed E-state index contributed by atoms with van der Waals surface area (Å²) in [6, 6.07) is 13.0. The van der Waals surface area contributed by atoms with Gasteiger partial charge in [-0.05, 0) is 57.5 Å². The first-order valence-corrected chi connectivity index (χ1v) is 11.6. The molecule has 1 atom stereocenters. The number of carbonyl (C=O) groups is 1. The van der Waals surface area contributed by atoms with Crippen LogP contribution in [0.2, 0.25) is 5.02 Å². The van der Waals surface area contributed by atoms with Gasteiger partial charge in [0.05, 0.1) is 12.9 Å². The SMILES string of the molecule is COc1ccccc1OC(C)c1nnc(SCC(=O)Nc2ccc(C)c(Cl)c2)n1C(C)C.